The normalized spacial score (nSPS) is 19.7. The van der Waals surface area contributed by atoms with Gasteiger partial charge in [0, 0.05) is 19.6 Å². The first-order valence-corrected chi connectivity index (χ1v) is 10.6. The van der Waals surface area contributed by atoms with Crippen molar-refractivity contribution in [1.29, 1.82) is 0 Å². The van der Waals surface area contributed by atoms with Gasteiger partial charge < -0.3 is 15.5 Å². The molecule has 0 unspecified atom stereocenters. The Morgan fingerprint density at radius 1 is 0.963 bits per heavy atom. The highest BCUT2D eigenvalue weighted by Crippen LogP contribution is 2.21. The Morgan fingerprint density at radius 2 is 1.67 bits per heavy atom. The average molecular weight is 484 g/mol. The van der Waals surface area contributed by atoms with E-state index in [0.717, 1.165) is 37.9 Å². The van der Waals surface area contributed by atoms with Crippen LogP contribution in [0.4, 0.5) is 0 Å². The Bertz CT molecular complexity index is 535. The lowest BCUT2D eigenvalue weighted by molar-refractivity contribution is 0.181. The van der Waals surface area contributed by atoms with Gasteiger partial charge in [0.05, 0.1) is 0 Å². The molecule has 2 aliphatic heterocycles. The molecule has 0 amide bonds. The molecular weight excluding hydrogens is 447 g/mol. The van der Waals surface area contributed by atoms with Crippen molar-refractivity contribution in [3.05, 3.63) is 35.9 Å². The van der Waals surface area contributed by atoms with Crippen LogP contribution in [0.25, 0.3) is 0 Å². The zero-order chi connectivity index (χ0) is 18.0. The Kier molecular flexibility index (Phi) is 10.5. The number of hydrogen-bond donors (Lipinski definition) is 1. The van der Waals surface area contributed by atoms with Crippen LogP contribution in [0.3, 0.4) is 0 Å². The maximum Gasteiger partial charge on any atom is 0.191 e. The monoisotopic (exact) mass is 484 g/mol. The van der Waals surface area contributed by atoms with Crippen molar-refractivity contribution in [2.75, 3.05) is 39.3 Å². The largest absolute Gasteiger partial charge is 0.370 e. The summed E-state index contributed by atoms with van der Waals surface area (Å²) in [5.74, 6) is 1.63. The molecule has 2 aliphatic rings. The highest BCUT2D eigenvalue weighted by atomic mass is 127. The molecule has 0 radical (unpaired) electrons. The molecule has 0 aromatic heterocycles. The van der Waals surface area contributed by atoms with E-state index in [4.69, 9.17) is 5.73 Å². The van der Waals surface area contributed by atoms with Crippen LogP contribution in [0.15, 0.2) is 35.3 Å². The smallest absolute Gasteiger partial charge is 0.191 e. The summed E-state index contributed by atoms with van der Waals surface area (Å²) in [4.78, 5) is 9.48. The summed E-state index contributed by atoms with van der Waals surface area (Å²) in [6.45, 7) is 6.80. The van der Waals surface area contributed by atoms with Gasteiger partial charge in [-0.15, -0.1) is 24.0 Å². The van der Waals surface area contributed by atoms with Crippen LogP contribution in [0.2, 0.25) is 0 Å². The molecule has 0 bridgehead atoms. The van der Waals surface area contributed by atoms with E-state index in [1.165, 1.54) is 70.1 Å². The standard InChI is InChI=1S/C22H36N4.HI/c23-22(26-15-6-2-7-16-26)24-13-5-8-14-25-17-11-21(12-18-25)19-20-9-3-1-4-10-20;/h1,3-4,9-10,21H,2,5-8,11-19H2,(H2,23,24);1H. The summed E-state index contributed by atoms with van der Waals surface area (Å²) in [5.41, 5.74) is 7.61. The van der Waals surface area contributed by atoms with Gasteiger partial charge in [0.25, 0.3) is 0 Å². The van der Waals surface area contributed by atoms with Gasteiger partial charge >= 0.3 is 0 Å². The fourth-order valence-corrected chi connectivity index (χ4v) is 4.23. The van der Waals surface area contributed by atoms with Crippen molar-refractivity contribution in [2.45, 2.75) is 51.4 Å². The Labute approximate surface area is 182 Å². The molecule has 5 heteroatoms. The molecular formula is C22H37IN4. The van der Waals surface area contributed by atoms with Crippen LogP contribution in [-0.2, 0) is 6.42 Å². The molecule has 1 aromatic rings. The number of aliphatic imine (C=N–C) groups is 1. The van der Waals surface area contributed by atoms with Crippen molar-refractivity contribution in [2.24, 2.45) is 16.6 Å². The van der Waals surface area contributed by atoms with Gasteiger partial charge in [0.2, 0.25) is 0 Å². The summed E-state index contributed by atoms with van der Waals surface area (Å²) < 4.78 is 0. The van der Waals surface area contributed by atoms with Gasteiger partial charge in [-0.25, -0.2) is 0 Å². The van der Waals surface area contributed by atoms with Gasteiger partial charge in [-0.05, 0) is 82.5 Å². The lowest BCUT2D eigenvalue weighted by Crippen LogP contribution is -2.41. The zero-order valence-electron chi connectivity index (χ0n) is 16.7. The SMILES string of the molecule is I.NC(=NCCCCN1CCC(Cc2ccccc2)CC1)N1CCCCC1. The van der Waals surface area contributed by atoms with E-state index in [0.29, 0.717) is 0 Å². The third-order valence-electron chi connectivity index (χ3n) is 5.91. The van der Waals surface area contributed by atoms with Gasteiger partial charge in [-0.2, -0.15) is 0 Å². The van der Waals surface area contributed by atoms with Crippen molar-refractivity contribution in [1.82, 2.24) is 9.80 Å². The van der Waals surface area contributed by atoms with Crippen LogP contribution in [-0.4, -0.2) is 55.0 Å². The van der Waals surface area contributed by atoms with Crippen molar-refractivity contribution < 1.29 is 0 Å². The molecule has 1 aromatic carbocycles. The molecule has 2 saturated heterocycles. The Balaban J connectivity index is 0.00000261. The quantitative estimate of drug-likeness (QED) is 0.274. The first-order chi connectivity index (χ1) is 12.8. The maximum absolute atomic E-state index is 6.12. The minimum Gasteiger partial charge on any atom is -0.370 e. The molecule has 0 spiro atoms. The molecule has 3 rings (SSSR count). The number of rotatable bonds is 7. The van der Waals surface area contributed by atoms with Gasteiger partial charge in [-0.1, -0.05) is 30.3 Å². The summed E-state index contributed by atoms with van der Waals surface area (Å²) in [6.07, 6.45) is 10.2. The van der Waals surface area contributed by atoms with E-state index in [9.17, 15) is 0 Å². The van der Waals surface area contributed by atoms with Crippen molar-refractivity contribution in [3.8, 4) is 0 Å². The van der Waals surface area contributed by atoms with Gasteiger partial charge in [0.15, 0.2) is 5.96 Å². The molecule has 27 heavy (non-hydrogen) atoms. The number of halogens is 1. The number of nitrogens with two attached hydrogens (primary N) is 1. The number of guanidine groups is 1. The van der Waals surface area contributed by atoms with E-state index < -0.39 is 0 Å². The summed E-state index contributed by atoms with van der Waals surface area (Å²) >= 11 is 0. The number of piperidine rings is 2. The number of unbranched alkanes of at least 4 members (excludes halogenated alkanes) is 1. The first kappa shape index (κ1) is 22.5. The second-order valence-corrected chi connectivity index (χ2v) is 7.97. The maximum atomic E-state index is 6.12. The molecule has 0 atom stereocenters. The molecule has 152 valence electrons. The van der Waals surface area contributed by atoms with E-state index in [2.05, 4.69) is 45.1 Å². The zero-order valence-corrected chi connectivity index (χ0v) is 19.0. The predicted molar refractivity (Wildman–Crippen MR) is 126 cm³/mol. The number of hydrogen-bond acceptors (Lipinski definition) is 2. The van der Waals surface area contributed by atoms with Crippen molar-refractivity contribution in [3.63, 3.8) is 0 Å². The first-order valence-electron chi connectivity index (χ1n) is 10.6. The predicted octanol–water partition coefficient (Wildman–Crippen LogP) is 4.14. The van der Waals surface area contributed by atoms with E-state index >= 15 is 0 Å². The molecule has 0 aliphatic carbocycles. The van der Waals surface area contributed by atoms with Crippen LogP contribution in [0, 0.1) is 5.92 Å². The summed E-state index contributed by atoms with van der Waals surface area (Å²) in [6, 6.07) is 11.0. The second kappa shape index (κ2) is 12.6. The summed E-state index contributed by atoms with van der Waals surface area (Å²) in [5, 5.41) is 0. The molecule has 2 heterocycles. The van der Waals surface area contributed by atoms with Crippen LogP contribution in [0.1, 0.15) is 50.5 Å². The second-order valence-electron chi connectivity index (χ2n) is 7.97. The number of benzene rings is 1. The topological polar surface area (TPSA) is 44.9 Å². The van der Waals surface area contributed by atoms with Crippen LogP contribution < -0.4 is 5.73 Å². The fraction of sp³-hybridized carbons (Fsp3) is 0.682. The minimum absolute atomic E-state index is 0. The molecule has 2 N–H and O–H groups in total. The average Bonchev–Trinajstić information content (AvgIpc) is 2.70. The number of likely N-dealkylation sites (tertiary alicyclic amines) is 2. The van der Waals surface area contributed by atoms with E-state index in [1.807, 2.05) is 0 Å². The molecule has 4 nitrogen and oxygen atoms in total. The van der Waals surface area contributed by atoms with Crippen molar-refractivity contribution >= 4 is 29.9 Å². The highest BCUT2D eigenvalue weighted by molar-refractivity contribution is 14.0. The Morgan fingerprint density at radius 3 is 2.37 bits per heavy atom. The number of nitrogens with zero attached hydrogens (tertiary/aromatic N) is 3. The van der Waals surface area contributed by atoms with Gasteiger partial charge in [0.1, 0.15) is 0 Å². The van der Waals surface area contributed by atoms with E-state index in [1.54, 1.807) is 0 Å². The van der Waals surface area contributed by atoms with E-state index in [-0.39, 0.29) is 24.0 Å². The highest BCUT2D eigenvalue weighted by Gasteiger charge is 2.19. The van der Waals surface area contributed by atoms with Crippen LogP contribution in [0.5, 0.6) is 0 Å². The lowest BCUT2D eigenvalue weighted by atomic mass is 9.90. The third kappa shape index (κ3) is 7.98. The van der Waals surface area contributed by atoms with Gasteiger partial charge in [-0.3, -0.25) is 4.99 Å². The fourth-order valence-electron chi connectivity index (χ4n) is 4.23. The molecule has 0 saturated carbocycles. The van der Waals surface area contributed by atoms with Crippen LogP contribution >= 0.6 is 24.0 Å². The minimum atomic E-state index is 0. The molecule has 2 fully saturated rings. The third-order valence-corrected chi connectivity index (χ3v) is 5.91. The summed E-state index contributed by atoms with van der Waals surface area (Å²) in [7, 11) is 0. The lowest BCUT2D eigenvalue weighted by Gasteiger charge is -2.32. The Hall–Kier alpha value is -0.820.